The van der Waals surface area contributed by atoms with Gasteiger partial charge in [-0.15, -0.1) is 24.9 Å². The predicted octanol–water partition coefficient (Wildman–Crippen LogP) is 4.11. The van der Waals surface area contributed by atoms with E-state index in [1.54, 1.807) is 24.5 Å². The van der Waals surface area contributed by atoms with Gasteiger partial charge in [-0.25, -0.2) is 8.42 Å². The van der Waals surface area contributed by atoms with Crippen LogP contribution in [0.2, 0.25) is 0 Å². The molecule has 2 aromatic rings. The van der Waals surface area contributed by atoms with Gasteiger partial charge in [-0.2, -0.15) is 0 Å². The number of rotatable bonds is 5. The molecule has 124 valence electrons. The Labute approximate surface area is 135 Å². The number of benzene rings is 2. The molecule has 9 heteroatoms. The lowest BCUT2D eigenvalue weighted by Crippen LogP contribution is -2.21. The van der Waals surface area contributed by atoms with Crippen LogP contribution in [0.1, 0.15) is 0 Å². The van der Waals surface area contributed by atoms with Gasteiger partial charge in [0.1, 0.15) is 10.6 Å². The Hall–Kier alpha value is -1.87. The summed E-state index contributed by atoms with van der Waals surface area (Å²) < 4.78 is 68.1. The first-order valence-corrected chi connectivity index (χ1v) is 8.94. The lowest BCUT2D eigenvalue weighted by Gasteiger charge is -2.15. The van der Waals surface area contributed by atoms with Gasteiger partial charge in [0, 0.05) is 4.90 Å². The quantitative estimate of drug-likeness (QED) is 0.813. The van der Waals surface area contributed by atoms with E-state index >= 15 is 0 Å². The summed E-state index contributed by atoms with van der Waals surface area (Å²) in [5, 5.41) is 0. The topological polar surface area (TPSA) is 55.4 Å². The molecule has 0 aliphatic rings. The first-order valence-electron chi connectivity index (χ1n) is 6.23. The van der Waals surface area contributed by atoms with E-state index in [1.807, 2.05) is 0 Å². The van der Waals surface area contributed by atoms with Crippen LogP contribution < -0.4 is 9.46 Å². The Kier molecular flexibility index (Phi) is 5.10. The molecule has 0 radical (unpaired) electrons. The first-order chi connectivity index (χ1) is 10.7. The molecule has 0 amide bonds. The minimum Gasteiger partial charge on any atom is -0.404 e. The maximum Gasteiger partial charge on any atom is 0.573 e. The van der Waals surface area contributed by atoms with Crippen molar-refractivity contribution < 1.29 is 26.3 Å². The van der Waals surface area contributed by atoms with Crippen molar-refractivity contribution in [3.63, 3.8) is 0 Å². The minimum absolute atomic E-state index is 0.279. The molecule has 0 saturated heterocycles. The number of thioether (sulfide) groups is 1. The summed E-state index contributed by atoms with van der Waals surface area (Å²) in [4.78, 5) is 0.0542. The summed E-state index contributed by atoms with van der Waals surface area (Å²) in [5.74, 6) is -0.783. The molecule has 0 aliphatic carbocycles. The molecular weight excluding hydrogens is 351 g/mol. The van der Waals surface area contributed by atoms with E-state index in [2.05, 4.69) is 9.46 Å². The lowest BCUT2D eigenvalue weighted by molar-refractivity contribution is -0.275. The number of sulfonamides is 1. The van der Waals surface area contributed by atoms with Gasteiger partial charge in [0.05, 0.1) is 5.69 Å². The molecule has 4 nitrogen and oxygen atoms in total. The summed E-state index contributed by atoms with van der Waals surface area (Å²) >= 11 is 1.31. The molecule has 23 heavy (non-hydrogen) atoms. The molecule has 0 aromatic heterocycles. The second-order valence-electron chi connectivity index (χ2n) is 4.30. The zero-order chi connectivity index (χ0) is 17.1. The molecule has 1 N–H and O–H groups in total. The molecule has 2 rings (SSSR count). The Balaban J connectivity index is 2.41. The van der Waals surface area contributed by atoms with Crippen molar-refractivity contribution in [1.82, 2.24) is 0 Å². The highest BCUT2D eigenvalue weighted by molar-refractivity contribution is 7.99. The van der Waals surface area contributed by atoms with Crippen LogP contribution in [0.4, 0.5) is 18.9 Å². The highest BCUT2D eigenvalue weighted by atomic mass is 32.2. The fourth-order valence-electron chi connectivity index (χ4n) is 1.81. The average Bonchev–Trinajstić information content (AvgIpc) is 2.46. The second kappa shape index (κ2) is 6.71. The van der Waals surface area contributed by atoms with Gasteiger partial charge in [-0.3, -0.25) is 4.72 Å². The largest absolute Gasteiger partial charge is 0.573 e. The summed E-state index contributed by atoms with van der Waals surface area (Å²) in [6.45, 7) is 0. The third-order valence-corrected chi connectivity index (χ3v) is 4.92. The van der Waals surface area contributed by atoms with Crippen LogP contribution >= 0.6 is 11.8 Å². The molecule has 2 aromatic carbocycles. The molecule has 0 aliphatic heterocycles. The summed E-state index contributed by atoms with van der Waals surface area (Å²) in [6.07, 6.45) is -3.23. The van der Waals surface area contributed by atoms with Gasteiger partial charge in [-0.05, 0) is 30.5 Å². The average molecular weight is 363 g/mol. The van der Waals surface area contributed by atoms with Crippen molar-refractivity contribution in [2.45, 2.75) is 16.2 Å². The number of hydrogen-bond acceptors (Lipinski definition) is 4. The Morgan fingerprint density at radius 2 is 1.65 bits per heavy atom. The predicted molar refractivity (Wildman–Crippen MR) is 82.2 cm³/mol. The Morgan fingerprint density at radius 3 is 2.30 bits per heavy atom. The molecule has 0 saturated carbocycles. The third kappa shape index (κ3) is 4.55. The minimum atomic E-state index is -4.98. The molecule has 0 heterocycles. The van der Waals surface area contributed by atoms with Crippen molar-refractivity contribution >= 4 is 27.5 Å². The zero-order valence-electron chi connectivity index (χ0n) is 11.8. The summed E-state index contributed by atoms with van der Waals surface area (Å²) in [5.41, 5.74) is 0.279. The number of halogens is 3. The maximum absolute atomic E-state index is 12.4. The third-order valence-electron chi connectivity index (χ3n) is 2.72. The van der Waals surface area contributed by atoms with Gasteiger partial charge >= 0.3 is 6.36 Å². The van der Waals surface area contributed by atoms with Crippen LogP contribution in [-0.2, 0) is 10.0 Å². The van der Waals surface area contributed by atoms with E-state index in [-0.39, 0.29) is 5.69 Å². The highest BCUT2D eigenvalue weighted by Gasteiger charge is 2.34. The van der Waals surface area contributed by atoms with Gasteiger partial charge in [-0.1, -0.05) is 24.3 Å². The number of ether oxygens (including phenoxy) is 1. The smallest absolute Gasteiger partial charge is 0.404 e. The van der Waals surface area contributed by atoms with Crippen molar-refractivity contribution in [3.05, 3.63) is 48.5 Å². The first kappa shape index (κ1) is 17.5. The fraction of sp³-hybridized carbons (Fsp3) is 0.143. The van der Waals surface area contributed by atoms with Gasteiger partial charge in [0.15, 0.2) is 0 Å². The van der Waals surface area contributed by atoms with E-state index < -0.39 is 27.0 Å². The van der Waals surface area contributed by atoms with E-state index in [1.165, 1.54) is 30.0 Å². The van der Waals surface area contributed by atoms with Crippen LogP contribution in [0.5, 0.6) is 5.75 Å². The van der Waals surface area contributed by atoms with E-state index in [9.17, 15) is 21.6 Å². The number of alkyl halides is 3. The van der Waals surface area contributed by atoms with Crippen LogP contribution in [0, 0.1) is 0 Å². The number of hydrogen-bond donors (Lipinski definition) is 1. The normalized spacial score (nSPS) is 12.0. The molecule has 0 atom stereocenters. The molecule has 0 bridgehead atoms. The number of para-hydroxylation sites is 2. The van der Waals surface area contributed by atoms with Gasteiger partial charge in [0.2, 0.25) is 0 Å². The fourth-order valence-corrected chi connectivity index (χ4v) is 3.64. The number of nitrogens with one attached hydrogen (secondary N) is 1. The summed E-state index contributed by atoms with van der Waals surface area (Å²) in [6, 6.07) is 11.1. The van der Waals surface area contributed by atoms with Gasteiger partial charge in [0.25, 0.3) is 10.0 Å². The van der Waals surface area contributed by atoms with Crippen LogP contribution in [0.15, 0.2) is 58.3 Å². The Bertz CT molecular complexity index is 792. The van der Waals surface area contributed by atoms with Crippen molar-refractivity contribution in [2.24, 2.45) is 0 Å². The maximum atomic E-state index is 12.4. The molecular formula is C14H12F3NO3S2. The molecule has 0 fully saturated rings. The van der Waals surface area contributed by atoms with Crippen LogP contribution in [0.25, 0.3) is 0 Å². The van der Waals surface area contributed by atoms with E-state index in [0.717, 1.165) is 12.1 Å². The lowest BCUT2D eigenvalue weighted by atomic mass is 10.3. The van der Waals surface area contributed by atoms with Gasteiger partial charge < -0.3 is 4.74 Å². The van der Waals surface area contributed by atoms with E-state index in [4.69, 9.17) is 0 Å². The summed E-state index contributed by atoms with van der Waals surface area (Å²) in [7, 11) is -4.24. The molecule has 0 spiro atoms. The standard InChI is InChI=1S/C14H12F3NO3S2/c1-22-12-8-4-2-6-10(12)18-23(19,20)13-9-5-3-7-11(13)21-14(15,16)17/h2-9,18H,1H3. The van der Waals surface area contributed by atoms with Crippen molar-refractivity contribution in [2.75, 3.05) is 11.0 Å². The number of anilines is 1. The van der Waals surface area contributed by atoms with E-state index in [0.29, 0.717) is 4.90 Å². The highest BCUT2D eigenvalue weighted by Crippen LogP contribution is 2.32. The van der Waals surface area contributed by atoms with Crippen molar-refractivity contribution in [3.8, 4) is 5.75 Å². The SMILES string of the molecule is CSc1ccccc1NS(=O)(=O)c1ccccc1OC(F)(F)F. The second-order valence-corrected chi connectivity index (χ2v) is 6.80. The van der Waals surface area contributed by atoms with Crippen LogP contribution in [0.3, 0.4) is 0 Å². The zero-order valence-corrected chi connectivity index (χ0v) is 13.4. The Morgan fingerprint density at radius 1 is 1.04 bits per heavy atom. The monoisotopic (exact) mass is 363 g/mol. The van der Waals surface area contributed by atoms with Crippen LogP contribution in [-0.4, -0.2) is 21.0 Å². The molecule has 0 unspecified atom stereocenters. The van der Waals surface area contributed by atoms with Crippen molar-refractivity contribution in [1.29, 1.82) is 0 Å².